The fraction of sp³-hybridized carbons (Fsp3) is 0.389. The molecule has 2 rings (SSSR count). The molecule has 1 N–H and O–H groups in total. The van der Waals surface area contributed by atoms with Crippen molar-refractivity contribution in [1.82, 2.24) is 10.3 Å². The number of benzene rings is 1. The molecule has 106 valence electrons. The minimum Gasteiger partial charge on any atom is -0.304 e. The van der Waals surface area contributed by atoms with E-state index in [-0.39, 0.29) is 0 Å². The summed E-state index contributed by atoms with van der Waals surface area (Å²) in [5.74, 6) is 0. The second-order valence-electron chi connectivity index (χ2n) is 5.39. The van der Waals surface area contributed by atoms with Gasteiger partial charge in [0, 0.05) is 24.5 Å². The van der Waals surface area contributed by atoms with Gasteiger partial charge < -0.3 is 5.32 Å². The Hall–Kier alpha value is -1.67. The van der Waals surface area contributed by atoms with E-state index >= 15 is 0 Å². The molecule has 20 heavy (non-hydrogen) atoms. The summed E-state index contributed by atoms with van der Waals surface area (Å²) in [5, 5.41) is 3.62. The molecule has 1 aromatic heterocycles. The first-order valence-corrected chi connectivity index (χ1v) is 7.45. The molecule has 0 amide bonds. The number of aromatic nitrogens is 1. The van der Waals surface area contributed by atoms with Crippen LogP contribution in [0.4, 0.5) is 0 Å². The Morgan fingerprint density at radius 2 is 1.70 bits per heavy atom. The molecule has 0 saturated carbocycles. The van der Waals surface area contributed by atoms with Gasteiger partial charge in [0.1, 0.15) is 0 Å². The smallest absolute Gasteiger partial charge is 0.0315 e. The molecule has 2 heteroatoms. The van der Waals surface area contributed by atoms with Crippen molar-refractivity contribution >= 4 is 0 Å². The summed E-state index contributed by atoms with van der Waals surface area (Å²) in [7, 11) is 0. The van der Waals surface area contributed by atoms with Gasteiger partial charge in [-0.1, -0.05) is 43.7 Å². The molecule has 0 aliphatic heterocycles. The molecule has 2 nitrogen and oxygen atoms in total. The van der Waals surface area contributed by atoms with Crippen LogP contribution in [0.2, 0.25) is 0 Å². The van der Waals surface area contributed by atoms with Crippen LogP contribution in [-0.2, 0) is 6.42 Å². The average molecular weight is 268 g/mol. The summed E-state index contributed by atoms with van der Waals surface area (Å²) < 4.78 is 0. The van der Waals surface area contributed by atoms with Crippen molar-refractivity contribution in [3.8, 4) is 0 Å². The van der Waals surface area contributed by atoms with Crippen LogP contribution >= 0.6 is 0 Å². The second kappa shape index (κ2) is 7.20. The fourth-order valence-corrected chi connectivity index (χ4v) is 2.46. The minimum absolute atomic E-state index is 0.300. The molecule has 1 unspecified atom stereocenters. The number of hydrogen-bond donors (Lipinski definition) is 1. The first kappa shape index (κ1) is 14.7. The topological polar surface area (TPSA) is 24.9 Å². The highest BCUT2D eigenvalue weighted by atomic mass is 14.9. The van der Waals surface area contributed by atoms with E-state index in [1.165, 1.54) is 23.1 Å². The van der Waals surface area contributed by atoms with Crippen molar-refractivity contribution in [2.45, 2.75) is 45.7 Å². The zero-order chi connectivity index (χ0) is 14.4. The lowest BCUT2D eigenvalue weighted by molar-refractivity contribution is 0.493. The van der Waals surface area contributed by atoms with Crippen molar-refractivity contribution in [1.29, 1.82) is 0 Å². The molecule has 0 aliphatic rings. The van der Waals surface area contributed by atoms with Crippen molar-refractivity contribution in [2.75, 3.05) is 0 Å². The third kappa shape index (κ3) is 3.91. The van der Waals surface area contributed by atoms with Crippen molar-refractivity contribution < 1.29 is 0 Å². The zero-order valence-electron chi connectivity index (χ0n) is 12.6. The van der Waals surface area contributed by atoms with E-state index in [0.717, 1.165) is 6.42 Å². The first-order valence-electron chi connectivity index (χ1n) is 7.45. The van der Waals surface area contributed by atoms with Gasteiger partial charge in [-0.05, 0) is 43.0 Å². The van der Waals surface area contributed by atoms with Gasteiger partial charge in [-0.15, -0.1) is 0 Å². The number of nitrogens with zero attached hydrogens (tertiary/aromatic N) is 1. The monoisotopic (exact) mass is 268 g/mol. The molecule has 0 bridgehead atoms. The van der Waals surface area contributed by atoms with Gasteiger partial charge >= 0.3 is 0 Å². The Morgan fingerprint density at radius 3 is 2.30 bits per heavy atom. The molecule has 1 aromatic carbocycles. The molecule has 2 aromatic rings. The van der Waals surface area contributed by atoms with Crippen LogP contribution in [0.5, 0.6) is 0 Å². The van der Waals surface area contributed by atoms with Crippen LogP contribution in [0.3, 0.4) is 0 Å². The van der Waals surface area contributed by atoms with E-state index in [4.69, 9.17) is 0 Å². The second-order valence-corrected chi connectivity index (χ2v) is 5.39. The Balaban J connectivity index is 1.99. The number of pyridine rings is 1. The molecule has 0 radical (unpaired) electrons. The van der Waals surface area contributed by atoms with Crippen LogP contribution in [0, 0.1) is 0 Å². The highest BCUT2D eigenvalue weighted by Gasteiger charge is 2.11. The van der Waals surface area contributed by atoms with E-state index in [2.05, 4.69) is 61.4 Å². The molecule has 1 heterocycles. The molecular formula is C18H24N2. The molecule has 0 spiro atoms. The average Bonchev–Trinajstić information content (AvgIpc) is 2.49. The molecule has 0 aliphatic carbocycles. The number of nitrogens with one attached hydrogen (secondary N) is 1. The van der Waals surface area contributed by atoms with Crippen molar-refractivity contribution in [2.24, 2.45) is 0 Å². The summed E-state index contributed by atoms with van der Waals surface area (Å²) in [6.07, 6.45) is 6.10. The quantitative estimate of drug-likeness (QED) is 0.837. The first-order chi connectivity index (χ1) is 9.70. The van der Waals surface area contributed by atoms with Gasteiger partial charge in [0.2, 0.25) is 0 Å². The van der Waals surface area contributed by atoms with Crippen LogP contribution in [0.1, 0.15) is 56.0 Å². The van der Waals surface area contributed by atoms with Gasteiger partial charge in [-0.3, -0.25) is 4.98 Å². The Labute approximate surface area is 122 Å². The van der Waals surface area contributed by atoms with Crippen LogP contribution in [-0.4, -0.2) is 4.98 Å². The maximum atomic E-state index is 4.18. The Kier molecular flexibility index (Phi) is 5.31. The molecule has 0 saturated heterocycles. The van der Waals surface area contributed by atoms with E-state index in [1.54, 1.807) is 0 Å². The van der Waals surface area contributed by atoms with Gasteiger partial charge in [0.05, 0.1) is 0 Å². The SMILES string of the molecule is CCCc1ccc(C(C)N[C@@H](C)c2cccnc2)cc1. The number of aryl methyl sites for hydroxylation is 1. The molecule has 2 atom stereocenters. The maximum absolute atomic E-state index is 4.18. The standard InChI is InChI=1S/C18H24N2/c1-4-6-16-8-10-17(11-9-16)14(2)20-15(3)18-7-5-12-19-13-18/h5,7-15,20H,4,6H2,1-3H3/t14?,15-/m0/s1. The largest absolute Gasteiger partial charge is 0.304 e. The van der Waals surface area contributed by atoms with Gasteiger partial charge in [0.25, 0.3) is 0 Å². The summed E-state index contributed by atoms with van der Waals surface area (Å²) in [5.41, 5.74) is 3.98. The van der Waals surface area contributed by atoms with E-state index < -0.39 is 0 Å². The van der Waals surface area contributed by atoms with Gasteiger partial charge in [0.15, 0.2) is 0 Å². The summed E-state index contributed by atoms with van der Waals surface area (Å²) in [4.78, 5) is 4.18. The number of hydrogen-bond acceptors (Lipinski definition) is 2. The lowest BCUT2D eigenvalue weighted by Crippen LogP contribution is -2.22. The maximum Gasteiger partial charge on any atom is 0.0315 e. The van der Waals surface area contributed by atoms with Crippen LogP contribution < -0.4 is 5.32 Å². The summed E-state index contributed by atoms with van der Waals surface area (Å²) in [6, 6.07) is 13.7. The highest BCUT2D eigenvalue weighted by molar-refractivity contribution is 5.25. The predicted octanol–water partition coefficient (Wildman–Crippen LogP) is 4.45. The van der Waals surface area contributed by atoms with E-state index in [9.17, 15) is 0 Å². The summed E-state index contributed by atoms with van der Waals surface area (Å²) >= 11 is 0. The normalized spacial score (nSPS) is 13.9. The van der Waals surface area contributed by atoms with E-state index in [1.807, 2.05) is 18.5 Å². The molecular weight excluding hydrogens is 244 g/mol. The predicted molar refractivity (Wildman–Crippen MR) is 84.6 cm³/mol. The van der Waals surface area contributed by atoms with Gasteiger partial charge in [-0.2, -0.15) is 0 Å². The third-order valence-electron chi connectivity index (χ3n) is 3.70. The van der Waals surface area contributed by atoms with E-state index in [0.29, 0.717) is 12.1 Å². The molecule has 0 fully saturated rings. The van der Waals surface area contributed by atoms with Crippen LogP contribution in [0.25, 0.3) is 0 Å². The van der Waals surface area contributed by atoms with Crippen LogP contribution in [0.15, 0.2) is 48.8 Å². The number of rotatable bonds is 6. The van der Waals surface area contributed by atoms with Crippen molar-refractivity contribution in [3.63, 3.8) is 0 Å². The zero-order valence-corrected chi connectivity index (χ0v) is 12.6. The Morgan fingerprint density at radius 1 is 1.00 bits per heavy atom. The highest BCUT2D eigenvalue weighted by Crippen LogP contribution is 2.19. The fourth-order valence-electron chi connectivity index (χ4n) is 2.46. The van der Waals surface area contributed by atoms with Crippen molar-refractivity contribution in [3.05, 3.63) is 65.5 Å². The lowest BCUT2D eigenvalue weighted by atomic mass is 10.0. The minimum atomic E-state index is 0.300. The third-order valence-corrected chi connectivity index (χ3v) is 3.70. The summed E-state index contributed by atoms with van der Waals surface area (Å²) in [6.45, 7) is 6.61. The van der Waals surface area contributed by atoms with Gasteiger partial charge in [-0.25, -0.2) is 0 Å². The lowest BCUT2D eigenvalue weighted by Gasteiger charge is -2.20. The Bertz CT molecular complexity index is 505.